The van der Waals surface area contributed by atoms with Crippen LogP contribution in [0.25, 0.3) is 11.1 Å². The second-order valence-corrected chi connectivity index (χ2v) is 7.10. The molecule has 0 aliphatic rings. The maximum absolute atomic E-state index is 8.89. The van der Waals surface area contributed by atoms with E-state index in [1.165, 1.54) is 0 Å². The number of nitriles is 1. The molecule has 3 aromatic carbocycles. The molecular formula is C24H18ClN3. The summed E-state index contributed by atoms with van der Waals surface area (Å²) in [6.45, 7) is 0. The van der Waals surface area contributed by atoms with Gasteiger partial charge in [0.25, 0.3) is 0 Å². The van der Waals surface area contributed by atoms with Gasteiger partial charge in [-0.2, -0.15) is 5.26 Å². The van der Waals surface area contributed by atoms with Crippen molar-refractivity contribution in [1.29, 1.82) is 5.26 Å². The number of hydrogen-bond acceptors (Lipinski definition) is 2. The van der Waals surface area contributed by atoms with E-state index in [1.54, 1.807) is 0 Å². The van der Waals surface area contributed by atoms with Gasteiger partial charge in [-0.3, -0.25) is 0 Å². The van der Waals surface area contributed by atoms with E-state index in [9.17, 15) is 0 Å². The molecule has 4 heteroatoms. The first-order valence-electron chi connectivity index (χ1n) is 9.07. The van der Waals surface area contributed by atoms with Crippen LogP contribution in [-0.4, -0.2) is 9.97 Å². The Labute approximate surface area is 169 Å². The molecule has 4 aromatic rings. The molecule has 4 rings (SSSR count). The molecule has 0 aliphatic carbocycles. The minimum absolute atomic E-state index is 0.671. The van der Waals surface area contributed by atoms with Gasteiger partial charge in [-0.1, -0.05) is 66.2 Å². The zero-order valence-corrected chi connectivity index (χ0v) is 15.9. The van der Waals surface area contributed by atoms with Gasteiger partial charge in [-0.05, 0) is 34.9 Å². The number of imidazole rings is 1. The molecule has 0 saturated heterocycles. The summed E-state index contributed by atoms with van der Waals surface area (Å²) in [4.78, 5) is 7.89. The SMILES string of the molecule is N#Cc1ccc(Cc2cnc(Cc3ccc(-c4ccccc4)c(Cl)c3)[nH]2)cc1. The van der Waals surface area contributed by atoms with Gasteiger partial charge < -0.3 is 4.98 Å². The monoisotopic (exact) mass is 383 g/mol. The Balaban J connectivity index is 1.46. The topological polar surface area (TPSA) is 52.5 Å². The molecule has 0 spiro atoms. The zero-order valence-electron chi connectivity index (χ0n) is 15.2. The van der Waals surface area contributed by atoms with Crippen molar-refractivity contribution in [3.05, 3.63) is 112 Å². The predicted octanol–water partition coefficient (Wildman–Crippen LogP) is 5.78. The van der Waals surface area contributed by atoms with Crippen LogP contribution in [0.1, 0.15) is 28.2 Å². The third-order valence-corrected chi connectivity index (χ3v) is 4.96. The highest BCUT2D eigenvalue weighted by Gasteiger charge is 2.07. The fourth-order valence-corrected chi connectivity index (χ4v) is 3.53. The summed E-state index contributed by atoms with van der Waals surface area (Å²) in [5.74, 6) is 0.909. The van der Waals surface area contributed by atoms with Crippen LogP contribution >= 0.6 is 11.6 Å². The third-order valence-electron chi connectivity index (χ3n) is 4.65. The number of rotatable bonds is 5. The van der Waals surface area contributed by atoms with Crippen molar-refractivity contribution in [2.45, 2.75) is 12.8 Å². The maximum atomic E-state index is 8.89. The van der Waals surface area contributed by atoms with Gasteiger partial charge in [0.1, 0.15) is 5.82 Å². The molecule has 0 saturated carbocycles. The predicted molar refractivity (Wildman–Crippen MR) is 112 cm³/mol. The van der Waals surface area contributed by atoms with E-state index in [-0.39, 0.29) is 0 Å². The minimum atomic E-state index is 0.671. The van der Waals surface area contributed by atoms with Crippen molar-refractivity contribution in [1.82, 2.24) is 9.97 Å². The van der Waals surface area contributed by atoms with Gasteiger partial charge in [0, 0.05) is 35.3 Å². The highest BCUT2D eigenvalue weighted by atomic mass is 35.5. The van der Waals surface area contributed by atoms with Crippen molar-refractivity contribution in [2.24, 2.45) is 0 Å². The third kappa shape index (κ3) is 4.14. The summed E-state index contributed by atoms with van der Waals surface area (Å²) < 4.78 is 0. The van der Waals surface area contributed by atoms with Crippen molar-refractivity contribution in [3.8, 4) is 17.2 Å². The van der Waals surface area contributed by atoms with Crippen LogP contribution < -0.4 is 0 Å². The van der Waals surface area contributed by atoms with Crippen molar-refractivity contribution in [3.63, 3.8) is 0 Å². The van der Waals surface area contributed by atoms with Crippen LogP contribution in [0.2, 0.25) is 5.02 Å². The number of nitrogens with one attached hydrogen (secondary N) is 1. The van der Waals surface area contributed by atoms with Crippen LogP contribution in [0, 0.1) is 11.3 Å². The fourth-order valence-electron chi connectivity index (χ4n) is 3.22. The lowest BCUT2D eigenvalue weighted by atomic mass is 10.0. The summed E-state index contributed by atoms with van der Waals surface area (Å²) in [5, 5.41) is 9.63. The summed E-state index contributed by atoms with van der Waals surface area (Å²) in [6.07, 6.45) is 3.32. The lowest BCUT2D eigenvalue weighted by molar-refractivity contribution is 1.000. The maximum Gasteiger partial charge on any atom is 0.110 e. The van der Waals surface area contributed by atoms with Gasteiger partial charge in [0.2, 0.25) is 0 Å². The molecule has 136 valence electrons. The van der Waals surface area contributed by atoms with E-state index in [0.29, 0.717) is 12.0 Å². The Morgan fingerprint density at radius 3 is 2.36 bits per heavy atom. The van der Waals surface area contributed by atoms with E-state index in [2.05, 4.69) is 40.3 Å². The van der Waals surface area contributed by atoms with Crippen molar-refractivity contribution in [2.75, 3.05) is 0 Å². The van der Waals surface area contributed by atoms with E-state index >= 15 is 0 Å². The first-order chi connectivity index (χ1) is 13.7. The molecule has 0 bridgehead atoms. The summed E-state index contributed by atoms with van der Waals surface area (Å²) in [7, 11) is 0. The second kappa shape index (κ2) is 8.12. The van der Waals surface area contributed by atoms with Crippen molar-refractivity contribution < 1.29 is 0 Å². The number of aromatic nitrogens is 2. The average Bonchev–Trinajstić information content (AvgIpc) is 3.16. The largest absolute Gasteiger partial charge is 0.345 e. The van der Waals surface area contributed by atoms with Crippen LogP contribution in [0.3, 0.4) is 0 Å². The molecule has 0 aliphatic heterocycles. The van der Waals surface area contributed by atoms with Crippen LogP contribution in [0.4, 0.5) is 0 Å². The Kier molecular flexibility index (Phi) is 5.23. The molecule has 0 fully saturated rings. The van der Waals surface area contributed by atoms with Gasteiger partial charge in [-0.25, -0.2) is 4.98 Å². The van der Waals surface area contributed by atoms with E-state index in [4.69, 9.17) is 16.9 Å². The number of aromatic amines is 1. The molecule has 1 aromatic heterocycles. The Morgan fingerprint density at radius 2 is 1.64 bits per heavy atom. The van der Waals surface area contributed by atoms with E-state index in [0.717, 1.165) is 45.2 Å². The fraction of sp³-hybridized carbons (Fsp3) is 0.0833. The smallest absolute Gasteiger partial charge is 0.110 e. The minimum Gasteiger partial charge on any atom is -0.345 e. The first kappa shape index (κ1) is 18.0. The molecular weight excluding hydrogens is 366 g/mol. The molecule has 0 atom stereocenters. The van der Waals surface area contributed by atoms with E-state index < -0.39 is 0 Å². The van der Waals surface area contributed by atoms with Gasteiger partial charge in [0.05, 0.1) is 11.6 Å². The Bertz CT molecular complexity index is 1120. The molecule has 0 unspecified atom stereocenters. The molecule has 0 amide bonds. The molecule has 3 nitrogen and oxygen atoms in total. The molecule has 0 radical (unpaired) electrons. The Hall–Kier alpha value is -3.35. The zero-order chi connectivity index (χ0) is 19.3. The van der Waals surface area contributed by atoms with Crippen molar-refractivity contribution >= 4 is 11.6 Å². The summed E-state index contributed by atoms with van der Waals surface area (Å²) in [6, 6.07) is 26.1. The number of benzene rings is 3. The average molecular weight is 384 g/mol. The molecule has 1 N–H and O–H groups in total. The summed E-state index contributed by atoms with van der Waals surface area (Å²) in [5.41, 5.74) is 6.12. The van der Waals surface area contributed by atoms with Crippen LogP contribution in [0.5, 0.6) is 0 Å². The first-order valence-corrected chi connectivity index (χ1v) is 9.45. The standard InChI is InChI=1S/C24H18ClN3/c25-23-13-19(10-11-22(23)20-4-2-1-3-5-20)14-24-27-16-21(28-24)12-17-6-8-18(15-26)9-7-17/h1-11,13,16H,12,14H2,(H,27,28). The number of halogens is 1. The van der Waals surface area contributed by atoms with Gasteiger partial charge in [0.15, 0.2) is 0 Å². The summed E-state index contributed by atoms with van der Waals surface area (Å²) >= 11 is 6.51. The lowest BCUT2D eigenvalue weighted by Crippen LogP contribution is -1.93. The highest BCUT2D eigenvalue weighted by Crippen LogP contribution is 2.29. The lowest BCUT2D eigenvalue weighted by Gasteiger charge is -2.07. The van der Waals surface area contributed by atoms with E-state index in [1.807, 2.05) is 54.7 Å². The van der Waals surface area contributed by atoms with Crippen LogP contribution in [-0.2, 0) is 12.8 Å². The quantitative estimate of drug-likeness (QED) is 0.474. The number of H-pyrrole nitrogens is 1. The van der Waals surface area contributed by atoms with Gasteiger partial charge in [-0.15, -0.1) is 0 Å². The van der Waals surface area contributed by atoms with Crippen LogP contribution in [0.15, 0.2) is 79.0 Å². The second-order valence-electron chi connectivity index (χ2n) is 6.70. The number of hydrogen-bond donors (Lipinski definition) is 1. The normalized spacial score (nSPS) is 10.6. The highest BCUT2D eigenvalue weighted by molar-refractivity contribution is 6.33. The molecule has 1 heterocycles. The Morgan fingerprint density at radius 1 is 0.893 bits per heavy atom. The van der Waals surface area contributed by atoms with Gasteiger partial charge >= 0.3 is 0 Å². The number of nitrogens with zero attached hydrogens (tertiary/aromatic N) is 2. The molecule has 28 heavy (non-hydrogen) atoms.